The highest BCUT2D eigenvalue weighted by Gasteiger charge is 2.56. The van der Waals surface area contributed by atoms with Gasteiger partial charge in [-0.25, -0.2) is 0 Å². The maximum atomic E-state index is 9.56. The third-order valence-corrected chi connectivity index (χ3v) is 18.3. The quantitative estimate of drug-likeness (QED) is 0.153. The molecule has 0 saturated heterocycles. The molecule has 17 rings (SSSR count). The van der Waals surface area contributed by atoms with E-state index < -0.39 is 24.2 Å². The third kappa shape index (κ3) is 5.90. The smallest absolute Gasteiger partial charge is 0.200 e. The second-order valence-corrected chi connectivity index (χ2v) is 24.4. The van der Waals surface area contributed by atoms with Gasteiger partial charge in [0, 0.05) is 71.7 Å². The van der Waals surface area contributed by atoms with Crippen LogP contribution >= 0.6 is 0 Å². The van der Waals surface area contributed by atoms with Crippen molar-refractivity contribution in [3.63, 3.8) is 0 Å². The second-order valence-electron chi connectivity index (χ2n) is 24.4. The molecule has 3 nitrogen and oxygen atoms in total. The molecule has 3 atom stereocenters. The Kier molecular flexibility index (Phi) is 7.11. The van der Waals surface area contributed by atoms with Crippen molar-refractivity contribution in [2.75, 3.05) is 0 Å². The van der Waals surface area contributed by atoms with E-state index >= 15 is 0 Å². The van der Waals surface area contributed by atoms with Gasteiger partial charge in [0.25, 0.3) is 0 Å². The number of allylic oxidation sites excluding steroid dienone is 2. The Labute approximate surface area is 469 Å². The summed E-state index contributed by atoms with van der Waals surface area (Å²) in [5.74, 6) is -0.712. The van der Waals surface area contributed by atoms with E-state index in [0.717, 1.165) is 121 Å². The molecule has 13 aromatic rings. The second kappa shape index (κ2) is 15.5. The van der Waals surface area contributed by atoms with Gasteiger partial charge in [-0.15, -0.1) is 0 Å². The van der Waals surface area contributed by atoms with Gasteiger partial charge in [0.2, 0.25) is 6.71 Å². The van der Waals surface area contributed by atoms with Crippen LogP contribution in [0.2, 0.25) is 5.82 Å². The van der Waals surface area contributed by atoms with Crippen molar-refractivity contribution in [2.24, 2.45) is 0 Å². The Bertz CT molecular complexity index is 5490. The average molecular weight is 1010 g/mol. The van der Waals surface area contributed by atoms with Gasteiger partial charge in [0.1, 0.15) is 0 Å². The van der Waals surface area contributed by atoms with Crippen molar-refractivity contribution in [3.8, 4) is 11.1 Å². The molecule has 0 saturated carbocycles. The molecule has 3 unspecified atom stereocenters. The Balaban J connectivity index is 1.12. The lowest BCUT2D eigenvalue weighted by molar-refractivity contribution is 0.539. The summed E-state index contributed by atoms with van der Waals surface area (Å²) < 4.78 is 99.4. The zero-order valence-electron chi connectivity index (χ0n) is 54.3. The van der Waals surface area contributed by atoms with Gasteiger partial charge in [0.05, 0.1) is 42.0 Å². The summed E-state index contributed by atoms with van der Waals surface area (Å²) in [5.41, 5.74) is 14.7. The fraction of sp³-hybridized carbons (Fsp3) is 0.162. The molecule has 9 aromatic carbocycles. The maximum absolute atomic E-state index is 9.56. The molecule has 0 fully saturated rings. The lowest BCUT2D eigenvalue weighted by Gasteiger charge is -2.50. The first-order valence-corrected chi connectivity index (χ1v) is 27.5. The van der Waals surface area contributed by atoms with Gasteiger partial charge in [-0.3, -0.25) is 0 Å². The van der Waals surface area contributed by atoms with Crippen LogP contribution in [0, 0.1) is 0 Å². The molecule has 0 radical (unpaired) electrons. The van der Waals surface area contributed by atoms with E-state index in [1.807, 2.05) is 6.07 Å². The molecule has 0 bridgehead atoms. The van der Waals surface area contributed by atoms with Crippen LogP contribution in [0.25, 0.3) is 116 Å². The predicted molar refractivity (Wildman–Crippen MR) is 334 cm³/mol. The van der Waals surface area contributed by atoms with Crippen LogP contribution in [0.1, 0.15) is 113 Å². The number of aromatic nitrogens is 3. The van der Waals surface area contributed by atoms with Crippen LogP contribution in [0.15, 0.2) is 200 Å². The topological polar surface area (TPSA) is 14.3 Å². The standard InChI is InChI=1S/C74H58BN3/c1-73(2,3)47-32-34-63-56(40-47)58-36-45(43-20-9-7-10-21-43)38-60-70(58)77(63)66-42-65-67(55-30-19-29-54-52-27-16-14-25-50(52)49-24-13-15-26-51(49)53-28-17-18-31-62(53)76(65)69(54)55)72-68(66)75(60)61-39-46(44-22-11-8-12-23-44)37-59-57-41-48(74(4,5)6)33-35-64(57)78(72)71(59)61/h7-38,40-42,61,68,72H,39H2,1-6H3/i7D,8D,9D,10D,11D,12D,20D,21D,22D,23D. The number of hydrogen-bond acceptors (Lipinski definition) is 0. The SMILES string of the molecule is [2H]c1c([2H])c([2H])c(C2=Cc3c4n(c5ccc(C(C)(C)C)cc35)C3c5c(n6c7ccccc7c7ccccc7c7ccccc7c7cccc5c76)C=C5C3B(c3cc(-c6c([2H])c([2H])c([2H])c([2H])c6[2H])cc6c7cc(C(C)(C)C)ccc7n5c36)C4C2)c([2H])c1[2H]. The lowest BCUT2D eigenvalue weighted by Crippen LogP contribution is -2.53. The number of hydrogen-bond donors (Lipinski definition) is 0. The number of rotatable bonds is 2. The average Bonchev–Trinajstić information content (AvgIpc) is 1.45. The van der Waals surface area contributed by atoms with Crippen molar-refractivity contribution in [2.45, 2.75) is 76.5 Å². The largest absolute Gasteiger partial charge is 0.337 e. The summed E-state index contributed by atoms with van der Waals surface area (Å²) in [5, 5.41) is 10.8. The highest BCUT2D eigenvalue weighted by Crippen LogP contribution is 2.63. The Morgan fingerprint density at radius 3 is 1.77 bits per heavy atom. The Hall–Kier alpha value is -8.60. The van der Waals surface area contributed by atoms with E-state index in [9.17, 15) is 5.48 Å². The molecule has 372 valence electrons. The van der Waals surface area contributed by atoms with Crippen molar-refractivity contribution in [3.05, 3.63) is 239 Å². The number of fused-ring (bicyclic) bond motifs is 21. The van der Waals surface area contributed by atoms with Gasteiger partial charge >= 0.3 is 0 Å². The zero-order valence-corrected chi connectivity index (χ0v) is 44.3. The molecule has 2 aliphatic heterocycles. The molecule has 4 aromatic heterocycles. The minimum Gasteiger partial charge on any atom is -0.337 e. The van der Waals surface area contributed by atoms with Crippen LogP contribution in [-0.2, 0) is 10.8 Å². The molecule has 0 amide bonds. The van der Waals surface area contributed by atoms with Crippen LogP contribution in [-0.4, -0.2) is 20.2 Å². The van der Waals surface area contributed by atoms with Crippen LogP contribution in [0.5, 0.6) is 0 Å². The van der Waals surface area contributed by atoms with Gasteiger partial charge < -0.3 is 13.5 Å². The van der Waals surface area contributed by atoms with Crippen LogP contribution in [0.4, 0.5) is 0 Å². The Morgan fingerprint density at radius 2 is 1.08 bits per heavy atom. The molecular formula is C74H58BN3. The summed E-state index contributed by atoms with van der Waals surface area (Å²) in [6.07, 6.45) is 4.91. The fourth-order valence-corrected chi connectivity index (χ4v) is 15.0. The van der Waals surface area contributed by atoms with E-state index in [-0.39, 0.29) is 82.6 Å². The predicted octanol–water partition coefficient (Wildman–Crippen LogP) is 18.7. The van der Waals surface area contributed by atoms with Crippen molar-refractivity contribution in [1.29, 1.82) is 0 Å². The lowest BCUT2D eigenvalue weighted by atomic mass is 9.24. The zero-order chi connectivity index (χ0) is 60.8. The molecule has 78 heavy (non-hydrogen) atoms. The van der Waals surface area contributed by atoms with Crippen LogP contribution < -0.4 is 5.46 Å². The molecule has 4 aliphatic rings. The highest BCUT2D eigenvalue weighted by atomic mass is 15.1. The van der Waals surface area contributed by atoms with Crippen molar-refractivity contribution >= 4 is 117 Å². The first-order chi connectivity index (χ1) is 42.1. The fourth-order valence-electron chi connectivity index (χ4n) is 15.0. The van der Waals surface area contributed by atoms with E-state index in [4.69, 9.17) is 8.22 Å². The van der Waals surface area contributed by atoms with Crippen molar-refractivity contribution < 1.29 is 13.7 Å². The van der Waals surface area contributed by atoms with Gasteiger partial charge in [-0.2, -0.15) is 0 Å². The van der Waals surface area contributed by atoms with Gasteiger partial charge in [0.15, 0.2) is 0 Å². The Morgan fingerprint density at radius 1 is 0.487 bits per heavy atom. The van der Waals surface area contributed by atoms with Crippen LogP contribution in [0.3, 0.4) is 0 Å². The van der Waals surface area contributed by atoms with E-state index in [1.54, 1.807) is 0 Å². The summed E-state index contributed by atoms with van der Waals surface area (Å²) in [4.78, 5) is 0. The number of para-hydroxylation sites is 2. The molecule has 2 aliphatic carbocycles. The minimum atomic E-state index is -0.455. The van der Waals surface area contributed by atoms with E-state index in [1.165, 1.54) is 5.56 Å². The highest BCUT2D eigenvalue weighted by molar-refractivity contribution is 6.81. The van der Waals surface area contributed by atoms with Crippen molar-refractivity contribution in [1.82, 2.24) is 13.5 Å². The third-order valence-electron chi connectivity index (χ3n) is 18.3. The molecule has 6 heterocycles. The molecule has 4 heteroatoms. The molecule has 0 N–H and O–H groups in total. The number of nitrogens with zero attached hydrogens (tertiary/aromatic N) is 3. The normalized spacial score (nSPS) is 19.4. The summed E-state index contributed by atoms with van der Waals surface area (Å²) >= 11 is 0. The first kappa shape index (κ1) is 35.7. The maximum Gasteiger partial charge on any atom is 0.200 e. The van der Waals surface area contributed by atoms with Gasteiger partial charge in [-0.1, -0.05) is 211 Å². The van der Waals surface area contributed by atoms with E-state index in [2.05, 4.69) is 201 Å². The molecular weight excluding hydrogens is 942 g/mol. The van der Waals surface area contributed by atoms with Gasteiger partial charge in [-0.05, 0) is 127 Å². The summed E-state index contributed by atoms with van der Waals surface area (Å²) in [6.45, 7) is 12.9. The molecule has 0 spiro atoms. The summed E-state index contributed by atoms with van der Waals surface area (Å²) in [6, 6.07) is 47.0. The number of benzene rings is 9. The first-order valence-electron chi connectivity index (χ1n) is 32.5. The minimum absolute atomic E-state index is 0.127. The van der Waals surface area contributed by atoms with E-state index in [0.29, 0.717) is 17.6 Å². The summed E-state index contributed by atoms with van der Waals surface area (Å²) in [7, 11) is 0. The monoisotopic (exact) mass is 1010 g/mol.